The first-order valence-corrected chi connectivity index (χ1v) is 45.2. The molecule has 3 aromatic rings. The normalized spacial score (nSPS) is 22.4. The fourth-order valence-electron chi connectivity index (χ4n) is 18.3. The van der Waals surface area contributed by atoms with Gasteiger partial charge in [-0.3, -0.25) is 14.4 Å². The molecule has 15 heteroatoms. The number of allylic oxidation sites excluding steroid dienone is 12. The lowest BCUT2D eigenvalue weighted by Gasteiger charge is -2.35. The quantitative estimate of drug-likeness (QED) is 0.0241. The summed E-state index contributed by atoms with van der Waals surface area (Å²) in [6.45, 7) is 48.9. The number of benzene rings is 3. The van der Waals surface area contributed by atoms with E-state index in [2.05, 4.69) is 210 Å². The van der Waals surface area contributed by atoms with Gasteiger partial charge in [-0.15, -0.1) is 0 Å². The Morgan fingerprint density at radius 3 is 0.520 bits per heavy atom. The molecular formula is C108H156O15. The Balaban J connectivity index is 0.000000254. The molecule has 0 spiro atoms. The topological polar surface area (TPSA) is 294 Å². The third-order valence-electron chi connectivity index (χ3n) is 25.8. The van der Waals surface area contributed by atoms with Crippen LogP contribution in [0.25, 0.3) is 33.4 Å². The van der Waals surface area contributed by atoms with Crippen molar-refractivity contribution in [3.63, 3.8) is 0 Å². The van der Waals surface area contributed by atoms with E-state index in [4.69, 9.17) is 0 Å². The van der Waals surface area contributed by atoms with Crippen molar-refractivity contribution in [3.8, 4) is 0 Å². The van der Waals surface area contributed by atoms with E-state index >= 15 is 0 Å². The molecule has 12 N–H and O–H groups in total. The Kier molecular flexibility index (Phi) is 34.0. The minimum absolute atomic E-state index is 0.129. The van der Waals surface area contributed by atoms with Crippen LogP contribution in [-0.4, -0.2) is 136 Å². The Labute approximate surface area is 738 Å². The predicted molar refractivity (Wildman–Crippen MR) is 504 cm³/mol. The lowest BCUT2D eigenvalue weighted by atomic mass is 9.72. The summed E-state index contributed by atoms with van der Waals surface area (Å²) in [5, 5.41) is 127. The third-order valence-corrected chi connectivity index (χ3v) is 25.8. The van der Waals surface area contributed by atoms with Gasteiger partial charge < -0.3 is 61.3 Å². The number of hydrogen-bond acceptors (Lipinski definition) is 12. The minimum atomic E-state index is -0.838. The van der Waals surface area contributed by atoms with Gasteiger partial charge in [-0.05, 0) is 274 Å². The summed E-state index contributed by atoms with van der Waals surface area (Å²) in [5.74, 6) is -2.45. The standard InChI is InChI=1S/C36H50O6.C36H52O5.C36H54O4/c1-33(2)19-23(13-11-17-35(5,6)31(39)40)29(37)27(21-33)25-15-9-10-16-26(25)28-22-34(3,4)20-24(30(28)38)14-12-18-36(7,8)32(41)42;1-33(2,23-37)17-11-13-24-19-34(3,4)21-28(30(24)38)26-15-9-10-16-27(26)29-22-35(5,6)20-25(31(29)39)14-12-18-36(7,8)32(40)41;1-33(2,23-37)17-11-13-25-19-35(5,6)21-29(31(25)39)27-15-9-10-16-28(27)30-22-36(7,8)20-26(32(30)40)14-12-18-34(3,4)24-38/h9-10,15-16,19-22,29-30,37-38H,11-14,17-18H2,1-8H3,(H,39,40)(H,41,42);9-10,15-16,19-22,30-31,37-39H,11-14,17-18,23H2,1-8H3,(H,40,41);9-10,15-16,19-22,31-32,37-40H,11-14,17-18,23-24H2,1-8H3. The highest BCUT2D eigenvalue weighted by atomic mass is 16.4. The van der Waals surface area contributed by atoms with Crippen LogP contribution in [0.5, 0.6) is 0 Å². The van der Waals surface area contributed by atoms with Gasteiger partial charge in [0, 0.05) is 52.3 Å². The summed E-state index contributed by atoms with van der Waals surface area (Å²) in [7, 11) is 0. The van der Waals surface area contributed by atoms with Gasteiger partial charge in [-0.2, -0.15) is 0 Å². The number of carboxylic acid groups (broad SMARTS) is 3. The average molecular weight is 1690 g/mol. The second-order valence-corrected chi connectivity index (χ2v) is 44.5. The van der Waals surface area contributed by atoms with Crippen LogP contribution >= 0.6 is 0 Å². The van der Waals surface area contributed by atoms with Gasteiger partial charge >= 0.3 is 17.9 Å². The zero-order valence-corrected chi connectivity index (χ0v) is 79.3. The Morgan fingerprint density at radius 2 is 0.390 bits per heavy atom. The molecule has 0 heterocycles. The molecule has 0 fully saturated rings. The molecule has 0 bridgehead atoms. The minimum Gasteiger partial charge on any atom is -0.481 e. The number of carbonyl (C=O) groups is 3. The fourth-order valence-corrected chi connectivity index (χ4v) is 18.3. The molecule has 3 aromatic carbocycles. The van der Waals surface area contributed by atoms with Gasteiger partial charge in [0.1, 0.15) is 36.6 Å². The van der Waals surface area contributed by atoms with E-state index < -0.39 is 70.8 Å². The molecule has 9 rings (SSSR count). The lowest BCUT2D eigenvalue weighted by Crippen LogP contribution is -2.27. The summed E-state index contributed by atoms with van der Waals surface area (Å²) in [6.07, 6.45) is 34.0. The summed E-state index contributed by atoms with van der Waals surface area (Å²) in [6, 6.07) is 24.0. The van der Waals surface area contributed by atoms with E-state index in [1.807, 2.05) is 60.7 Å². The van der Waals surface area contributed by atoms with E-state index in [0.717, 1.165) is 158 Å². The van der Waals surface area contributed by atoms with Crippen molar-refractivity contribution in [1.29, 1.82) is 0 Å². The van der Waals surface area contributed by atoms with Crippen LogP contribution in [0, 0.1) is 65.0 Å². The number of carboxylic acids is 3. The molecule has 0 saturated heterocycles. The van der Waals surface area contributed by atoms with Crippen molar-refractivity contribution >= 4 is 51.3 Å². The average Bonchev–Trinajstić information content (AvgIpc) is 0.767. The van der Waals surface area contributed by atoms with Crippen molar-refractivity contribution in [2.45, 2.75) is 318 Å². The molecule has 0 saturated carbocycles. The van der Waals surface area contributed by atoms with E-state index in [9.17, 15) is 75.7 Å². The summed E-state index contributed by atoms with van der Waals surface area (Å²) in [4.78, 5) is 34.8. The van der Waals surface area contributed by atoms with E-state index in [1.54, 1.807) is 41.5 Å². The zero-order valence-electron chi connectivity index (χ0n) is 79.3. The number of aliphatic hydroxyl groups is 9. The molecule has 123 heavy (non-hydrogen) atoms. The van der Waals surface area contributed by atoms with Crippen molar-refractivity contribution < 1.29 is 75.7 Å². The van der Waals surface area contributed by atoms with Gasteiger partial charge in [0.05, 0.1) is 16.2 Å². The van der Waals surface area contributed by atoms with Crippen LogP contribution in [0.4, 0.5) is 0 Å². The first-order chi connectivity index (χ1) is 56.6. The smallest absolute Gasteiger partial charge is 0.309 e. The highest BCUT2D eigenvalue weighted by molar-refractivity contribution is 5.89. The third kappa shape index (κ3) is 28.3. The molecule has 6 unspecified atom stereocenters. The van der Waals surface area contributed by atoms with E-state index in [1.165, 1.54) is 0 Å². The van der Waals surface area contributed by atoms with E-state index in [0.29, 0.717) is 57.8 Å². The van der Waals surface area contributed by atoms with Crippen LogP contribution < -0.4 is 0 Å². The van der Waals surface area contributed by atoms with Crippen molar-refractivity contribution in [1.82, 2.24) is 0 Å². The molecule has 6 atom stereocenters. The monoisotopic (exact) mass is 1690 g/mol. The fraction of sp³-hybridized carbons (Fsp3) is 0.583. The molecular weight excluding hydrogens is 1540 g/mol. The van der Waals surface area contributed by atoms with E-state index in [-0.39, 0.29) is 68.6 Å². The van der Waals surface area contributed by atoms with Crippen LogP contribution in [0.15, 0.2) is 179 Å². The zero-order chi connectivity index (χ0) is 92.4. The van der Waals surface area contributed by atoms with Gasteiger partial charge in [-0.1, -0.05) is 270 Å². The predicted octanol–water partition coefficient (Wildman–Crippen LogP) is 22.7. The maximum Gasteiger partial charge on any atom is 0.309 e. The van der Waals surface area contributed by atoms with Gasteiger partial charge in [0.25, 0.3) is 0 Å². The highest BCUT2D eigenvalue weighted by Crippen LogP contribution is 2.50. The second kappa shape index (κ2) is 40.7. The molecule has 0 aliphatic heterocycles. The largest absolute Gasteiger partial charge is 0.481 e. The first kappa shape index (κ1) is 103. The maximum atomic E-state index is 11.7. The van der Waals surface area contributed by atoms with Crippen molar-refractivity contribution in [2.75, 3.05) is 19.8 Å². The summed E-state index contributed by atoms with van der Waals surface area (Å²) < 4.78 is 0. The van der Waals surface area contributed by atoms with Crippen molar-refractivity contribution in [2.24, 2.45) is 65.0 Å². The van der Waals surface area contributed by atoms with Crippen LogP contribution in [-0.2, 0) is 14.4 Å². The lowest BCUT2D eigenvalue weighted by molar-refractivity contribution is -0.148. The Bertz CT molecular complexity index is 4440. The van der Waals surface area contributed by atoms with Crippen LogP contribution in [0.3, 0.4) is 0 Å². The summed E-state index contributed by atoms with van der Waals surface area (Å²) >= 11 is 0. The molecule has 15 nitrogen and oxygen atoms in total. The molecule has 6 aliphatic rings. The number of rotatable bonds is 36. The summed E-state index contributed by atoms with van der Waals surface area (Å²) in [5.41, 5.74) is 11.8. The molecule has 6 aliphatic carbocycles. The van der Waals surface area contributed by atoms with Crippen molar-refractivity contribution in [3.05, 3.63) is 213 Å². The maximum absolute atomic E-state index is 11.7. The second-order valence-electron chi connectivity index (χ2n) is 44.5. The van der Waals surface area contributed by atoms with Crippen LogP contribution in [0.2, 0.25) is 0 Å². The molecule has 0 aromatic heterocycles. The SMILES string of the molecule is CC1(C)C=C(CCCC(C)(C)C(=O)O)C(O)C(c2ccccc2C2=CC(C)(C)C=C(CCCC(C)(C)C(=O)O)C2O)=C1.CC1(C)C=C(CCCC(C)(C)CO)C(O)C(c2ccccc2C2=CC(C)(C)C=C(CCCC(C)(C)C(=O)O)C2O)=C1.CC1(C)C=C(CCCC(C)(C)CO)C(O)C(c2ccccc2C2=CC(C)(C)C=C(CCCC(C)(C)CO)C2O)=C1. The number of hydrogen-bond donors (Lipinski definition) is 12. The molecule has 0 amide bonds. The Hall–Kier alpha value is -7.41. The molecule has 0 radical (unpaired) electrons. The van der Waals surface area contributed by atoms with Gasteiger partial charge in [0.2, 0.25) is 0 Å². The number of aliphatic hydroxyl groups excluding tert-OH is 9. The van der Waals surface area contributed by atoms with Crippen LogP contribution in [0.1, 0.15) is 315 Å². The van der Waals surface area contributed by atoms with Gasteiger partial charge in [0.15, 0.2) is 0 Å². The first-order valence-electron chi connectivity index (χ1n) is 45.2. The number of aliphatic carboxylic acids is 3. The highest BCUT2D eigenvalue weighted by Gasteiger charge is 2.40. The molecule has 678 valence electrons. The van der Waals surface area contributed by atoms with Gasteiger partial charge in [-0.25, -0.2) is 0 Å². The Morgan fingerprint density at radius 1 is 0.252 bits per heavy atom.